The van der Waals surface area contributed by atoms with Gasteiger partial charge in [-0.2, -0.15) is 0 Å². The second kappa shape index (κ2) is 6.58. The van der Waals surface area contributed by atoms with Gasteiger partial charge in [0.05, 0.1) is 0 Å². The number of hydrogen-bond donors (Lipinski definition) is 0. The van der Waals surface area contributed by atoms with Gasteiger partial charge in [-0.15, -0.1) is 0 Å². The van der Waals surface area contributed by atoms with Crippen molar-refractivity contribution >= 4 is 19.0 Å². The molecule has 2 nitrogen and oxygen atoms in total. The molecule has 4 heteroatoms. The lowest BCUT2D eigenvalue weighted by Crippen LogP contribution is -2.12. The molecule has 0 saturated heterocycles. The lowest BCUT2D eigenvalue weighted by atomic mass is 10.1. The van der Waals surface area contributed by atoms with Crippen molar-refractivity contribution in [2.45, 2.75) is 38.8 Å². The molecule has 0 saturated carbocycles. The Kier molecular flexibility index (Phi) is 5.72. The molecule has 2 atom stereocenters. The fourth-order valence-corrected chi connectivity index (χ4v) is 3.66. The molecule has 96 valence electrons. The van der Waals surface area contributed by atoms with Crippen LogP contribution in [0, 0.1) is 0 Å². The van der Waals surface area contributed by atoms with Gasteiger partial charge in [-0.25, -0.2) is 0 Å². The number of unbranched alkanes of at least 4 members (excludes halogenated alkanes) is 1. The maximum Gasteiger partial charge on any atom is 0.0406 e. The zero-order valence-corrected chi connectivity index (χ0v) is 12.0. The predicted molar refractivity (Wildman–Crippen MR) is 71.9 cm³/mol. The van der Waals surface area contributed by atoms with Gasteiger partial charge in [0, 0.05) is 18.1 Å². The summed E-state index contributed by atoms with van der Waals surface area (Å²) >= 11 is 5.82. The van der Waals surface area contributed by atoms with E-state index in [9.17, 15) is 9.46 Å². The lowest BCUT2D eigenvalue weighted by Gasteiger charge is -2.32. The summed E-state index contributed by atoms with van der Waals surface area (Å²) < 4.78 is 12.1. The Morgan fingerprint density at radius 2 is 1.88 bits per heavy atom. The van der Waals surface area contributed by atoms with Gasteiger partial charge < -0.3 is 9.46 Å². The van der Waals surface area contributed by atoms with Crippen LogP contribution in [0.2, 0.25) is 5.02 Å². The van der Waals surface area contributed by atoms with Crippen LogP contribution in [0.15, 0.2) is 24.3 Å². The highest BCUT2D eigenvalue weighted by Gasteiger charge is 2.21. The molecule has 0 aliphatic carbocycles. The van der Waals surface area contributed by atoms with Crippen molar-refractivity contribution in [2.75, 3.05) is 6.16 Å². The van der Waals surface area contributed by atoms with E-state index < -0.39 is 7.37 Å². The predicted octanol–water partition coefficient (Wildman–Crippen LogP) is 4.23. The molecule has 2 unspecified atom stereocenters. The zero-order valence-electron chi connectivity index (χ0n) is 10.4. The average Bonchev–Trinajstić information content (AvgIpc) is 2.31. The average molecular weight is 274 g/mol. The minimum atomic E-state index is -3.34. The van der Waals surface area contributed by atoms with E-state index >= 15 is 0 Å². The molecule has 0 N–H and O–H groups in total. The SMILES string of the molecule is CCCCC(c1ccc(Cl)cc1)P(=O)([O-])CC. The summed E-state index contributed by atoms with van der Waals surface area (Å²) in [7, 11) is -3.34. The summed E-state index contributed by atoms with van der Waals surface area (Å²) in [4.78, 5) is 12.1. The maximum absolute atomic E-state index is 12.1. The summed E-state index contributed by atoms with van der Waals surface area (Å²) in [6, 6.07) is 7.16. The third-order valence-electron chi connectivity index (χ3n) is 3.00. The van der Waals surface area contributed by atoms with Gasteiger partial charge in [0.25, 0.3) is 0 Å². The van der Waals surface area contributed by atoms with Gasteiger partial charge in [0.2, 0.25) is 0 Å². The molecule has 0 amide bonds. The molecule has 17 heavy (non-hydrogen) atoms. The van der Waals surface area contributed by atoms with Crippen LogP contribution in [0.25, 0.3) is 0 Å². The first-order chi connectivity index (χ1) is 8.01. The van der Waals surface area contributed by atoms with Crippen LogP contribution in [-0.4, -0.2) is 6.16 Å². The zero-order chi connectivity index (χ0) is 12.9. The molecule has 0 aromatic heterocycles. The Labute approximate surface area is 108 Å². The van der Waals surface area contributed by atoms with Crippen molar-refractivity contribution in [3.63, 3.8) is 0 Å². The van der Waals surface area contributed by atoms with Crippen molar-refractivity contribution in [3.05, 3.63) is 34.9 Å². The third-order valence-corrected chi connectivity index (χ3v) is 5.64. The molecule has 0 spiro atoms. The standard InChI is InChI=1S/C13H20ClO2P/c1-3-5-6-13(17(15,16)4-2)11-7-9-12(14)10-8-11/h7-10,13H,3-6H2,1-2H3,(H,15,16)/p-1. The van der Waals surface area contributed by atoms with E-state index in [-0.39, 0.29) is 11.8 Å². The van der Waals surface area contributed by atoms with Crippen LogP contribution < -0.4 is 4.89 Å². The van der Waals surface area contributed by atoms with Gasteiger partial charge in [-0.1, -0.05) is 50.4 Å². The normalized spacial score (nSPS) is 16.5. The van der Waals surface area contributed by atoms with Crippen molar-refractivity contribution in [1.82, 2.24) is 0 Å². The number of halogens is 1. The molecular weight excluding hydrogens is 255 g/mol. The van der Waals surface area contributed by atoms with E-state index in [1.165, 1.54) is 0 Å². The van der Waals surface area contributed by atoms with Crippen LogP contribution >= 0.6 is 19.0 Å². The topological polar surface area (TPSA) is 40.1 Å². The Hall–Kier alpha value is -0.300. The van der Waals surface area contributed by atoms with Gasteiger partial charge in [-0.05, 0) is 30.3 Å². The smallest absolute Gasteiger partial charge is 0.0406 e. The van der Waals surface area contributed by atoms with Gasteiger partial charge >= 0.3 is 0 Å². The molecule has 0 radical (unpaired) electrons. The molecule has 0 heterocycles. The van der Waals surface area contributed by atoms with E-state index in [1.54, 1.807) is 19.1 Å². The van der Waals surface area contributed by atoms with Gasteiger partial charge in [0.1, 0.15) is 0 Å². The number of benzene rings is 1. The van der Waals surface area contributed by atoms with Crippen molar-refractivity contribution < 1.29 is 9.46 Å². The number of hydrogen-bond acceptors (Lipinski definition) is 2. The molecule has 0 bridgehead atoms. The number of rotatable bonds is 6. The van der Waals surface area contributed by atoms with Crippen LogP contribution in [0.3, 0.4) is 0 Å². The van der Waals surface area contributed by atoms with E-state index in [4.69, 9.17) is 11.6 Å². The fraction of sp³-hybridized carbons (Fsp3) is 0.538. The van der Waals surface area contributed by atoms with Crippen molar-refractivity contribution in [3.8, 4) is 0 Å². The third kappa shape index (κ3) is 4.13. The van der Waals surface area contributed by atoms with Crippen LogP contribution in [-0.2, 0) is 4.57 Å². The first-order valence-electron chi connectivity index (χ1n) is 6.06. The second-order valence-corrected chi connectivity index (χ2v) is 7.40. The molecule has 0 aliphatic rings. The van der Waals surface area contributed by atoms with E-state index in [0.717, 1.165) is 18.4 Å². The van der Waals surface area contributed by atoms with Crippen LogP contribution in [0.4, 0.5) is 0 Å². The maximum atomic E-state index is 12.1. The largest absolute Gasteiger partial charge is 0.799 e. The Morgan fingerprint density at radius 3 is 2.35 bits per heavy atom. The Bertz CT molecular complexity index is 389. The highest BCUT2D eigenvalue weighted by molar-refractivity contribution is 7.56. The minimum absolute atomic E-state index is 0.212. The fourth-order valence-electron chi connectivity index (χ4n) is 1.89. The molecule has 1 rings (SSSR count). The molecular formula is C13H19ClO2P-. The Balaban J connectivity index is 2.97. The molecule has 0 fully saturated rings. The highest BCUT2D eigenvalue weighted by Crippen LogP contribution is 2.54. The Morgan fingerprint density at radius 1 is 1.29 bits per heavy atom. The first-order valence-corrected chi connectivity index (χ1v) is 8.32. The van der Waals surface area contributed by atoms with Crippen molar-refractivity contribution in [2.24, 2.45) is 0 Å². The van der Waals surface area contributed by atoms with Gasteiger partial charge in [0.15, 0.2) is 0 Å². The molecule has 1 aromatic carbocycles. The van der Waals surface area contributed by atoms with E-state index in [2.05, 4.69) is 6.92 Å². The summed E-state index contributed by atoms with van der Waals surface area (Å²) in [5.74, 6) is 0. The minimum Gasteiger partial charge on any atom is -0.799 e. The summed E-state index contributed by atoms with van der Waals surface area (Å²) in [6.07, 6.45) is 2.85. The molecule has 0 aliphatic heterocycles. The van der Waals surface area contributed by atoms with Crippen molar-refractivity contribution in [1.29, 1.82) is 0 Å². The molecule has 1 aromatic rings. The van der Waals surface area contributed by atoms with Gasteiger partial charge in [-0.3, -0.25) is 0 Å². The first kappa shape index (κ1) is 14.8. The summed E-state index contributed by atoms with van der Waals surface area (Å²) in [5, 5.41) is 0.639. The lowest BCUT2D eigenvalue weighted by molar-refractivity contribution is -0.177. The van der Waals surface area contributed by atoms with E-state index in [1.807, 2.05) is 12.1 Å². The summed E-state index contributed by atoms with van der Waals surface area (Å²) in [5.41, 5.74) is 0.507. The van der Waals surface area contributed by atoms with Crippen LogP contribution in [0.5, 0.6) is 0 Å². The quantitative estimate of drug-likeness (QED) is 0.728. The highest BCUT2D eigenvalue weighted by atomic mass is 35.5. The van der Waals surface area contributed by atoms with Crippen LogP contribution in [0.1, 0.15) is 44.3 Å². The second-order valence-electron chi connectivity index (χ2n) is 4.25. The summed E-state index contributed by atoms with van der Waals surface area (Å²) in [6.45, 7) is 3.78. The monoisotopic (exact) mass is 273 g/mol. The van der Waals surface area contributed by atoms with E-state index in [0.29, 0.717) is 11.4 Å².